The van der Waals surface area contributed by atoms with Gasteiger partial charge in [0.25, 0.3) is 5.60 Å². The van der Waals surface area contributed by atoms with Crippen LogP contribution in [0, 0.1) is 5.92 Å². The highest BCUT2D eigenvalue weighted by Gasteiger charge is 2.58. The minimum Gasteiger partial charge on any atom is -0.466 e. The lowest BCUT2D eigenvalue weighted by Gasteiger charge is -2.44. The number of carbonyl (C=O) groups is 1. The number of carbonyl (C=O) groups excluding carboxylic acids is 1. The molecule has 0 fully saturated rings. The molecule has 2 atom stereocenters. The molecule has 0 spiro atoms. The van der Waals surface area contributed by atoms with Crippen LogP contribution < -0.4 is 0 Å². The van der Waals surface area contributed by atoms with Gasteiger partial charge in [0.15, 0.2) is 8.32 Å². The van der Waals surface area contributed by atoms with Crippen LogP contribution in [0.3, 0.4) is 0 Å². The van der Waals surface area contributed by atoms with Crippen LogP contribution in [-0.4, -0.2) is 38.8 Å². The van der Waals surface area contributed by atoms with E-state index in [4.69, 9.17) is 14.0 Å². The van der Waals surface area contributed by atoms with Crippen LogP contribution in [0.2, 0.25) is 18.1 Å². The van der Waals surface area contributed by atoms with Crippen LogP contribution in [0.4, 0.5) is 0 Å². The summed E-state index contributed by atoms with van der Waals surface area (Å²) >= 11 is 0. The van der Waals surface area contributed by atoms with E-state index >= 15 is 0 Å². The van der Waals surface area contributed by atoms with Crippen LogP contribution in [0.25, 0.3) is 0 Å². The summed E-state index contributed by atoms with van der Waals surface area (Å²) in [6.45, 7) is 15.0. The van der Waals surface area contributed by atoms with Crippen LogP contribution in [0.5, 0.6) is 0 Å². The topological polar surface area (TPSA) is 57.1 Å². The lowest BCUT2D eigenvalue weighted by Crippen LogP contribution is -2.58. The maximum absolute atomic E-state index is 12.9. The lowest BCUT2D eigenvalue weighted by atomic mass is 9.83. The van der Waals surface area contributed by atoms with Gasteiger partial charge in [-0.1, -0.05) is 70.1 Å². The third-order valence-electron chi connectivity index (χ3n) is 5.68. The molecule has 2 rings (SSSR count). The van der Waals surface area contributed by atoms with E-state index < -0.39 is 26.0 Å². The minimum atomic E-state index is -2.14. The fourth-order valence-electron chi connectivity index (χ4n) is 3.05. The first kappa shape index (κ1) is 21.6. The molecule has 1 aromatic carbocycles. The third-order valence-corrected chi connectivity index (χ3v) is 10.1. The zero-order chi connectivity index (χ0) is 20.5. The van der Waals surface area contributed by atoms with Crippen LogP contribution in [0.1, 0.15) is 46.6 Å². The Labute approximate surface area is 164 Å². The average Bonchev–Trinajstić information content (AvgIpc) is 3.05. The largest absolute Gasteiger partial charge is 0.466 e. The smallest absolute Gasteiger partial charge is 0.356 e. The summed E-state index contributed by atoms with van der Waals surface area (Å²) in [5.74, 6) is -0.377. The highest BCUT2D eigenvalue weighted by molar-refractivity contribution is 6.74. The Bertz CT molecular complexity index is 694. The summed E-state index contributed by atoms with van der Waals surface area (Å²) < 4.78 is 11.8. The van der Waals surface area contributed by atoms with Gasteiger partial charge in [0.1, 0.15) is 6.10 Å². The fourth-order valence-corrected chi connectivity index (χ4v) is 4.50. The summed E-state index contributed by atoms with van der Waals surface area (Å²) in [6.07, 6.45) is -0.114. The molecule has 6 heteroatoms. The van der Waals surface area contributed by atoms with E-state index in [9.17, 15) is 4.79 Å². The third kappa shape index (κ3) is 4.27. The summed E-state index contributed by atoms with van der Waals surface area (Å²) in [4.78, 5) is 18.8. The minimum absolute atomic E-state index is 0.0131. The van der Waals surface area contributed by atoms with E-state index in [1.807, 2.05) is 44.2 Å². The Morgan fingerprint density at radius 2 is 1.81 bits per heavy atom. The average molecular weight is 392 g/mol. The van der Waals surface area contributed by atoms with Crippen LogP contribution >= 0.6 is 0 Å². The molecule has 150 valence electrons. The van der Waals surface area contributed by atoms with E-state index in [0.29, 0.717) is 6.42 Å². The zero-order valence-electron chi connectivity index (χ0n) is 17.8. The van der Waals surface area contributed by atoms with E-state index in [0.717, 1.165) is 11.3 Å². The summed E-state index contributed by atoms with van der Waals surface area (Å²) in [7, 11) is -0.757. The zero-order valence-corrected chi connectivity index (χ0v) is 18.8. The van der Waals surface area contributed by atoms with Crippen molar-refractivity contribution in [3.8, 4) is 0 Å². The molecule has 1 aromatic rings. The van der Waals surface area contributed by atoms with Crippen molar-refractivity contribution < 1.29 is 18.8 Å². The van der Waals surface area contributed by atoms with Gasteiger partial charge in [-0.3, -0.25) is 0 Å². The maximum atomic E-state index is 12.9. The molecular weight excluding hydrogens is 358 g/mol. The van der Waals surface area contributed by atoms with Gasteiger partial charge in [0.2, 0.25) is 0 Å². The second-order valence-corrected chi connectivity index (χ2v) is 13.9. The first-order chi connectivity index (χ1) is 12.4. The van der Waals surface area contributed by atoms with Crippen molar-refractivity contribution in [2.45, 2.75) is 70.9 Å². The SMILES string of the molecule is COC(=O)[C@]1([C@H](O[Si](C)(C)C(C)(C)C)C(C)C)CC(c2ccccc2)=NO1. The number of nitrogens with zero attached hydrogens (tertiary/aromatic N) is 1. The van der Waals surface area contributed by atoms with E-state index in [-0.39, 0.29) is 11.0 Å². The molecule has 0 unspecified atom stereocenters. The molecule has 1 heterocycles. The van der Waals surface area contributed by atoms with Gasteiger partial charge in [-0.15, -0.1) is 0 Å². The van der Waals surface area contributed by atoms with Gasteiger partial charge in [-0.2, -0.15) is 0 Å². The molecule has 0 N–H and O–H groups in total. The van der Waals surface area contributed by atoms with Crippen molar-refractivity contribution in [3.63, 3.8) is 0 Å². The number of ether oxygens (including phenoxy) is 1. The van der Waals surface area contributed by atoms with Crippen molar-refractivity contribution >= 4 is 20.0 Å². The summed E-state index contributed by atoms with van der Waals surface area (Å²) in [5, 5.41) is 4.29. The van der Waals surface area contributed by atoms with Crippen molar-refractivity contribution in [2.75, 3.05) is 7.11 Å². The van der Waals surface area contributed by atoms with E-state index in [1.54, 1.807) is 0 Å². The van der Waals surface area contributed by atoms with E-state index in [2.05, 4.69) is 39.0 Å². The highest BCUT2D eigenvalue weighted by atomic mass is 28.4. The molecule has 0 saturated heterocycles. The van der Waals surface area contributed by atoms with Crippen LogP contribution in [0.15, 0.2) is 35.5 Å². The van der Waals surface area contributed by atoms with Gasteiger partial charge < -0.3 is 14.0 Å². The van der Waals surface area contributed by atoms with Crippen molar-refractivity contribution in [2.24, 2.45) is 11.1 Å². The molecular formula is C21H33NO4Si. The number of esters is 1. The Morgan fingerprint density at radius 1 is 1.22 bits per heavy atom. The number of oxime groups is 1. The Morgan fingerprint density at radius 3 is 2.30 bits per heavy atom. The Hall–Kier alpha value is -1.66. The molecule has 27 heavy (non-hydrogen) atoms. The van der Waals surface area contributed by atoms with Crippen molar-refractivity contribution in [3.05, 3.63) is 35.9 Å². The molecule has 0 radical (unpaired) electrons. The number of benzene rings is 1. The Kier molecular flexibility index (Phi) is 6.22. The second kappa shape index (κ2) is 7.76. The number of hydrogen-bond acceptors (Lipinski definition) is 5. The van der Waals surface area contributed by atoms with Gasteiger partial charge in [0, 0.05) is 0 Å². The number of hydrogen-bond donors (Lipinski definition) is 0. The molecule has 0 saturated carbocycles. The van der Waals surface area contributed by atoms with E-state index in [1.165, 1.54) is 7.11 Å². The summed E-state index contributed by atoms with van der Waals surface area (Å²) in [5.41, 5.74) is 0.424. The standard InChI is InChI=1S/C21H33NO4Si/c1-15(2)18(25-27(7,8)20(3,4)5)21(19(23)24-6)14-17(22-26-21)16-12-10-9-11-13-16/h9-13,15,18H,14H2,1-8H3/t18-,21-/m1/s1. The van der Waals surface area contributed by atoms with Crippen molar-refractivity contribution in [1.82, 2.24) is 0 Å². The predicted octanol–water partition coefficient (Wildman–Crippen LogP) is 4.77. The molecule has 0 amide bonds. The maximum Gasteiger partial charge on any atom is 0.356 e. The predicted molar refractivity (Wildman–Crippen MR) is 110 cm³/mol. The van der Waals surface area contributed by atoms with Gasteiger partial charge in [-0.05, 0) is 29.6 Å². The fraction of sp³-hybridized carbons (Fsp3) is 0.619. The highest BCUT2D eigenvalue weighted by Crippen LogP contribution is 2.43. The molecule has 1 aliphatic rings. The lowest BCUT2D eigenvalue weighted by molar-refractivity contribution is -0.183. The first-order valence-corrected chi connectivity index (χ1v) is 12.4. The molecule has 5 nitrogen and oxygen atoms in total. The second-order valence-electron chi connectivity index (χ2n) is 9.10. The molecule has 0 aromatic heterocycles. The van der Waals surface area contributed by atoms with Gasteiger partial charge >= 0.3 is 5.97 Å². The van der Waals surface area contributed by atoms with Crippen LogP contribution in [-0.2, 0) is 18.8 Å². The first-order valence-electron chi connectivity index (χ1n) is 9.51. The molecule has 0 bridgehead atoms. The van der Waals surface area contributed by atoms with Gasteiger partial charge in [-0.25, -0.2) is 4.79 Å². The van der Waals surface area contributed by atoms with Crippen molar-refractivity contribution in [1.29, 1.82) is 0 Å². The van der Waals surface area contributed by atoms with Gasteiger partial charge in [0.05, 0.1) is 19.2 Å². The monoisotopic (exact) mass is 391 g/mol. The number of methoxy groups -OCH3 is 1. The summed E-state index contributed by atoms with van der Waals surface area (Å²) in [6, 6.07) is 9.78. The normalized spacial score (nSPS) is 21.6. The number of rotatable bonds is 6. The Balaban J connectivity index is 2.41. The molecule has 1 aliphatic heterocycles. The molecule has 0 aliphatic carbocycles. The quantitative estimate of drug-likeness (QED) is 0.518.